The molecule has 0 aromatic carbocycles. The molecular formula is C14H15N5O2. The first-order chi connectivity index (χ1) is 9.92. The van der Waals surface area contributed by atoms with Crippen LogP contribution in [0.5, 0.6) is 0 Å². The van der Waals surface area contributed by atoms with Crippen LogP contribution in [0.2, 0.25) is 0 Å². The number of carbonyl (C=O) groups excluding carboxylic acids is 1. The molecule has 0 saturated heterocycles. The van der Waals surface area contributed by atoms with Crippen LogP contribution in [0, 0.1) is 11.3 Å². The summed E-state index contributed by atoms with van der Waals surface area (Å²) in [5, 5.41) is 25.6. The van der Waals surface area contributed by atoms with Crippen molar-refractivity contribution in [2.75, 3.05) is 6.54 Å². The number of rotatable bonds is 4. The minimum atomic E-state index is -1.23. The van der Waals surface area contributed by atoms with E-state index in [0.717, 1.165) is 0 Å². The Hall–Kier alpha value is -2.72. The predicted molar refractivity (Wildman–Crippen MR) is 74.1 cm³/mol. The highest BCUT2D eigenvalue weighted by Crippen LogP contribution is 2.18. The van der Waals surface area contributed by atoms with Crippen molar-refractivity contribution in [2.45, 2.75) is 12.5 Å². The highest BCUT2D eigenvalue weighted by molar-refractivity contribution is 5.92. The Kier molecular flexibility index (Phi) is 4.00. The van der Waals surface area contributed by atoms with Crippen LogP contribution in [0.25, 0.3) is 0 Å². The predicted octanol–water partition coefficient (Wildman–Crippen LogP) is 0.324. The maximum absolute atomic E-state index is 11.9. The van der Waals surface area contributed by atoms with Gasteiger partial charge in [-0.1, -0.05) is 0 Å². The number of nitriles is 1. The maximum Gasteiger partial charge on any atom is 0.269 e. The molecule has 0 radical (unpaired) electrons. The Morgan fingerprint density at radius 3 is 2.81 bits per heavy atom. The molecule has 21 heavy (non-hydrogen) atoms. The first-order valence-corrected chi connectivity index (χ1v) is 6.28. The lowest BCUT2D eigenvalue weighted by molar-refractivity contribution is 0.0524. The number of nitrogens with zero attached hydrogens (tertiary/aromatic N) is 4. The lowest BCUT2D eigenvalue weighted by Gasteiger charge is -2.22. The van der Waals surface area contributed by atoms with E-state index in [-0.39, 0.29) is 12.2 Å². The highest BCUT2D eigenvalue weighted by atomic mass is 16.3. The third kappa shape index (κ3) is 3.43. The van der Waals surface area contributed by atoms with Crippen LogP contribution >= 0.6 is 0 Å². The molecule has 108 valence electrons. The quantitative estimate of drug-likeness (QED) is 0.842. The van der Waals surface area contributed by atoms with Gasteiger partial charge >= 0.3 is 0 Å². The molecule has 2 aromatic rings. The van der Waals surface area contributed by atoms with E-state index in [4.69, 9.17) is 5.26 Å². The summed E-state index contributed by atoms with van der Waals surface area (Å²) in [4.78, 5) is 15.8. The van der Waals surface area contributed by atoms with Gasteiger partial charge in [0.1, 0.15) is 17.4 Å². The van der Waals surface area contributed by atoms with Crippen molar-refractivity contribution in [1.29, 1.82) is 5.26 Å². The van der Waals surface area contributed by atoms with Crippen LogP contribution in [0.3, 0.4) is 0 Å². The van der Waals surface area contributed by atoms with Crippen molar-refractivity contribution in [1.82, 2.24) is 20.1 Å². The minimum absolute atomic E-state index is 0.0270. The second-order valence-corrected chi connectivity index (χ2v) is 4.90. The molecule has 2 rings (SSSR count). The first kappa shape index (κ1) is 14.7. The molecule has 1 unspecified atom stereocenters. The molecule has 1 amide bonds. The summed E-state index contributed by atoms with van der Waals surface area (Å²) in [7, 11) is 1.75. The average molecular weight is 285 g/mol. The average Bonchev–Trinajstić information content (AvgIpc) is 2.92. The molecule has 0 aliphatic carbocycles. The zero-order valence-corrected chi connectivity index (χ0v) is 11.7. The number of aliphatic hydroxyl groups is 1. The van der Waals surface area contributed by atoms with E-state index < -0.39 is 11.5 Å². The monoisotopic (exact) mass is 285 g/mol. The SMILES string of the molecule is Cn1cc(C(C)(O)CNC(=O)c2ccc(C#N)cn2)cn1. The molecule has 7 nitrogen and oxygen atoms in total. The number of aryl methyl sites for hydroxylation is 1. The molecule has 0 aliphatic heterocycles. The summed E-state index contributed by atoms with van der Waals surface area (Å²) >= 11 is 0. The van der Waals surface area contributed by atoms with Crippen molar-refractivity contribution in [3.05, 3.63) is 47.5 Å². The van der Waals surface area contributed by atoms with E-state index in [2.05, 4.69) is 15.4 Å². The van der Waals surface area contributed by atoms with Crippen LogP contribution in [-0.2, 0) is 12.6 Å². The number of hydrogen-bond donors (Lipinski definition) is 2. The Labute approximate surface area is 121 Å². The van der Waals surface area contributed by atoms with E-state index in [1.54, 1.807) is 31.0 Å². The summed E-state index contributed by atoms with van der Waals surface area (Å²) in [6.45, 7) is 1.62. The van der Waals surface area contributed by atoms with Crippen molar-refractivity contribution in [2.24, 2.45) is 7.05 Å². The van der Waals surface area contributed by atoms with Gasteiger partial charge in [0.2, 0.25) is 0 Å². The summed E-state index contributed by atoms with van der Waals surface area (Å²) in [5.74, 6) is -0.413. The van der Waals surface area contributed by atoms with E-state index in [1.807, 2.05) is 6.07 Å². The van der Waals surface area contributed by atoms with Gasteiger partial charge in [0.25, 0.3) is 5.91 Å². The zero-order chi connectivity index (χ0) is 15.5. The first-order valence-electron chi connectivity index (χ1n) is 6.28. The molecule has 2 heterocycles. The third-order valence-corrected chi connectivity index (χ3v) is 3.05. The summed E-state index contributed by atoms with van der Waals surface area (Å²) < 4.78 is 1.58. The van der Waals surface area contributed by atoms with Gasteiger partial charge in [0.05, 0.1) is 18.3 Å². The zero-order valence-electron chi connectivity index (χ0n) is 11.7. The van der Waals surface area contributed by atoms with Crippen molar-refractivity contribution in [3.8, 4) is 6.07 Å². The van der Waals surface area contributed by atoms with E-state index in [0.29, 0.717) is 11.1 Å². The van der Waals surface area contributed by atoms with Gasteiger partial charge in [-0.15, -0.1) is 0 Å². The Morgan fingerprint density at radius 2 is 2.29 bits per heavy atom. The molecule has 0 fully saturated rings. The molecule has 0 saturated carbocycles. The van der Waals surface area contributed by atoms with Crippen LogP contribution in [0.4, 0.5) is 0 Å². The molecule has 2 aromatic heterocycles. The smallest absolute Gasteiger partial charge is 0.269 e. The number of hydrogen-bond acceptors (Lipinski definition) is 5. The second-order valence-electron chi connectivity index (χ2n) is 4.90. The van der Waals surface area contributed by atoms with Crippen molar-refractivity contribution >= 4 is 5.91 Å². The normalized spacial score (nSPS) is 13.2. The van der Waals surface area contributed by atoms with Crippen molar-refractivity contribution < 1.29 is 9.90 Å². The molecule has 1 atom stereocenters. The maximum atomic E-state index is 11.9. The lowest BCUT2D eigenvalue weighted by atomic mass is 10.00. The Bertz CT molecular complexity index is 682. The highest BCUT2D eigenvalue weighted by Gasteiger charge is 2.25. The molecule has 2 N–H and O–H groups in total. The lowest BCUT2D eigenvalue weighted by Crippen LogP contribution is -2.38. The van der Waals surface area contributed by atoms with E-state index in [9.17, 15) is 9.90 Å². The standard InChI is InChI=1S/C14H15N5O2/c1-14(21,11-7-18-19(2)8-11)9-17-13(20)12-4-3-10(5-15)6-16-12/h3-4,6-8,21H,9H2,1-2H3,(H,17,20). The number of aromatic nitrogens is 3. The van der Waals surface area contributed by atoms with E-state index in [1.165, 1.54) is 18.3 Å². The van der Waals surface area contributed by atoms with Crippen LogP contribution in [0.15, 0.2) is 30.7 Å². The van der Waals surface area contributed by atoms with Gasteiger partial charge < -0.3 is 10.4 Å². The fourth-order valence-corrected chi connectivity index (χ4v) is 1.74. The van der Waals surface area contributed by atoms with Gasteiger partial charge in [-0.25, -0.2) is 4.98 Å². The van der Waals surface area contributed by atoms with Crippen LogP contribution < -0.4 is 5.32 Å². The molecule has 7 heteroatoms. The number of amides is 1. The molecular weight excluding hydrogens is 270 g/mol. The van der Waals surface area contributed by atoms with E-state index >= 15 is 0 Å². The van der Waals surface area contributed by atoms with Crippen LogP contribution in [-0.4, -0.2) is 32.3 Å². The van der Waals surface area contributed by atoms with Gasteiger partial charge in [-0.2, -0.15) is 10.4 Å². The largest absolute Gasteiger partial charge is 0.383 e. The second kappa shape index (κ2) is 5.73. The summed E-state index contributed by atoms with van der Waals surface area (Å²) in [6.07, 6.45) is 4.56. The number of pyridine rings is 1. The van der Waals surface area contributed by atoms with Gasteiger partial charge in [-0.3, -0.25) is 9.48 Å². The molecule has 0 bridgehead atoms. The number of nitrogens with one attached hydrogen (secondary N) is 1. The van der Waals surface area contributed by atoms with Gasteiger partial charge in [-0.05, 0) is 19.1 Å². The van der Waals surface area contributed by atoms with Gasteiger partial charge in [0.15, 0.2) is 0 Å². The topological polar surface area (TPSA) is 104 Å². The summed E-state index contributed by atoms with van der Waals surface area (Å²) in [5.41, 5.74) is -0.0424. The fraction of sp³-hybridized carbons (Fsp3) is 0.286. The van der Waals surface area contributed by atoms with Crippen molar-refractivity contribution in [3.63, 3.8) is 0 Å². The fourth-order valence-electron chi connectivity index (χ4n) is 1.74. The number of carbonyl (C=O) groups is 1. The molecule has 0 aliphatic rings. The Balaban J connectivity index is 2.01. The van der Waals surface area contributed by atoms with Gasteiger partial charge in [0, 0.05) is 25.0 Å². The van der Waals surface area contributed by atoms with Crippen LogP contribution in [0.1, 0.15) is 28.5 Å². The minimum Gasteiger partial charge on any atom is -0.383 e. The Morgan fingerprint density at radius 1 is 1.52 bits per heavy atom. The third-order valence-electron chi connectivity index (χ3n) is 3.05. The molecule has 0 spiro atoms. The summed E-state index contributed by atoms with van der Waals surface area (Å²) in [6, 6.07) is 4.91.